The molecule has 0 heterocycles. The van der Waals surface area contributed by atoms with Crippen molar-refractivity contribution in [3.05, 3.63) is 0 Å². The number of hydrogen-bond donors (Lipinski definition) is 0. The first-order valence-corrected chi connectivity index (χ1v) is 5.80. The number of carbonyl (C=O) groups is 1. The highest BCUT2D eigenvalue weighted by Gasteiger charge is 2.30. The van der Waals surface area contributed by atoms with Gasteiger partial charge in [0, 0.05) is 12.6 Å². The molecule has 0 aromatic carbocycles. The monoisotopic (exact) mass is 208 g/mol. The topological polar surface area (TPSA) is 44.1 Å². The van der Waals surface area contributed by atoms with Crippen molar-refractivity contribution in [1.82, 2.24) is 4.90 Å². The minimum atomic E-state index is -0.453. The highest BCUT2D eigenvalue weighted by Crippen LogP contribution is 2.30. The van der Waals surface area contributed by atoms with Crippen molar-refractivity contribution < 1.29 is 4.79 Å². The van der Waals surface area contributed by atoms with Crippen LogP contribution in [0, 0.1) is 23.2 Å². The van der Waals surface area contributed by atoms with Crippen molar-refractivity contribution in [3.63, 3.8) is 0 Å². The normalized spacial score (nSPS) is 17.3. The number of amides is 1. The predicted octanol–water partition coefficient (Wildman–Crippen LogP) is 2.18. The Balaban J connectivity index is 2.61. The van der Waals surface area contributed by atoms with Gasteiger partial charge in [-0.15, -0.1) is 0 Å². The molecule has 1 atom stereocenters. The Hall–Kier alpha value is -1.04. The van der Waals surface area contributed by atoms with Crippen LogP contribution >= 0.6 is 0 Å². The van der Waals surface area contributed by atoms with Crippen molar-refractivity contribution in [1.29, 1.82) is 5.26 Å². The minimum Gasteiger partial charge on any atom is -0.339 e. The van der Waals surface area contributed by atoms with Gasteiger partial charge in [0.2, 0.25) is 5.91 Å². The molecule has 84 valence electrons. The van der Waals surface area contributed by atoms with Crippen molar-refractivity contribution >= 4 is 5.91 Å². The second-order valence-electron chi connectivity index (χ2n) is 4.62. The van der Waals surface area contributed by atoms with Gasteiger partial charge in [0.15, 0.2) is 0 Å². The zero-order valence-corrected chi connectivity index (χ0v) is 9.86. The fraction of sp³-hybridized carbons (Fsp3) is 0.833. The fourth-order valence-corrected chi connectivity index (χ4v) is 1.66. The number of nitrogens with zero attached hydrogens (tertiary/aromatic N) is 2. The maximum atomic E-state index is 12.0. The molecule has 0 bridgehead atoms. The van der Waals surface area contributed by atoms with E-state index in [2.05, 4.69) is 6.07 Å². The quantitative estimate of drug-likeness (QED) is 0.695. The van der Waals surface area contributed by atoms with Gasteiger partial charge in [-0.2, -0.15) is 5.26 Å². The van der Waals surface area contributed by atoms with Crippen LogP contribution in [0.15, 0.2) is 0 Å². The minimum absolute atomic E-state index is 0.0156. The molecule has 0 aromatic rings. The molecule has 1 rings (SSSR count). The van der Waals surface area contributed by atoms with Crippen molar-refractivity contribution in [3.8, 4) is 6.07 Å². The van der Waals surface area contributed by atoms with Crippen LogP contribution in [0.4, 0.5) is 0 Å². The third-order valence-corrected chi connectivity index (χ3v) is 2.92. The first kappa shape index (κ1) is 12.0. The van der Waals surface area contributed by atoms with Crippen LogP contribution in [0.25, 0.3) is 0 Å². The third kappa shape index (κ3) is 3.23. The standard InChI is InChI=1S/C12H20N2O/c1-4-11(7-13)12(15)14(9(2)3)8-10-5-6-10/h9-11H,4-6,8H2,1-3H3. The van der Waals surface area contributed by atoms with Crippen LogP contribution in [0.3, 0.4) is 0 Å². The summed E-state index contributed by atoms with van der Waals surface area (Å²) in [4.78, 5) is 13.9. The Labute approximate surface area is 92.1 Å². The van der Waals surface area contributed by atoms with E-state index in [0.29, 0.717) is 12.3 Å². The molecule has 0 aliphatic heterocycles. The zero-order valence-electron chi connectivity index (χ0n) is 9.86. The summed E-state index contributed by atoms with van der Waals surface area (Å²) in [5.41, 5.74) is 0. The average Bonchev–Trinajstić information content (AvgIpc) is 2.99. The molecule has 1 fully saturated rings. The van der Waals surface area contributed by atoms with E-state index in [1.54, 1.807) is 0 Å². The Kier molecular flexibility index (Phi) is 4.14. The SMILES string of the molecule is CCC(C#N)C(=O)N(CC1CC1)C(C)C. The van der Waals surface area contributed by atoms with E-state index >= 15 is 0 Å². The van der Waals surface area contributed by atoms with E-state index in [0.717, 1.165) is 6.54 Å². The average molecular weight is 208 g/mol. The van der Waals surface area contributed by atoms with E-state index in [1.807, 2.05) is 25.7 Å². The lowest BCUT2D eigenvalue weighted by molar-refractivity contribution is -0.135. The molecule has 1 unspecified atom stereocenters. The van der Waals surface area contributed by atoms with Gasteiger partial charge >= 0.3 is 0 Å². The molecule has 0 aromatic heterocycles. The van der Waals surface area contributed by atoms with Gasteiger partial charge in [-0.25, -0.2) is 0 Å². The summed E-state index contributed by atoms with van der Waals surface area (Å²) in [5.74, 6) is 0.251. The van der Waals surface area contributed by atoms with Crippen LogP contribution in [0.5, 0.6) is 0 Å². The second kappa shape index (κ2) is 5.16. The van der Waals surface area contributed by atoms with Gasteiger partial charge in [0.05, 0.1) is 6.07 Å². The summed E-state index contributed by atoms with van der Waals surface area (Å²) in [6, 6.07) is 2.30. The molecule has 0 radical (unpaired) electrons. The smallest absolute Gasteiger partial charge is 0.240 e. The molecule has 1 saturated carbocycles. The number of nitriles is 1. The molecule has 0 spiro atoms. The number of hydrogen-bond acceptors (Lipinski definition) is 2. The lowest BCUT2D eigenvalue weighted by atomic mass is 10.1. The predicted molar refractivity (Wildman–Crippen MR) is 59.0 cm³/mol. The molecule has 15 heavy (non-hydrogen) atoms. The molecule has 1 aliphatic carbocycles. The molecular formula is C12H20N2O. The highest BCUT2D eigenvalue weighted by atomic mass is 16.2. The first-order chi connectivity index (χ1) is 7.10. The second-order valence-corrected chi connectivity index (χ2v) is 4.62. The van der Waals surface area contributed by atoms with Crippen molar-refractivity contribution in [2.24, 2.45) is 11.8 Å². The van der Waals surface area contributed by atoms with Gasteiger partial charge < -0.3 is 4.90 Å². The molecule has 3 heteroatoms. The molecule has 0 saturated heterocycles. The Bertz CT molecular complexity index is 263. The lowest BCUT2D eigenvalue weighted by Crippen LogP contribution is -2.41. The summed E-state index contributed by atoms with van der Waals surface area (Å²) in [6.45, 7) is 6.77. The maximum absolute atomic E-state index is 12.0. The maximum Gasteiger partial charge on any atom is 0.240 e. The highest BCUT2D eigenvalue weighted by molar-refractivity contribution is 5.81. The third-order valence-electron chi connectivity index (χ3n) is 2.92. The molecule has 1 aliphatic rings. The van der Waals surface area contributed by atoms with Crippen molar-refractivity contribution in [2.75, 3.05) is 6.54 Å². The van der Waals surface area contributed by atoms with E-state index < -0.39 is 5.92 Å². The Morgan fingerprint density at radius 1 is 1.53 bits per heavy atom. The van der Waals surface area contributed by atoms with Gasteiger partial charge in [0.1, 0.15) is 5.92 Å². The van der Waals surface area contributed by atoms with Crippen LogP contribution in [-0.2, 0) is 4.79 Å². The number of rotatable bonds is 5. The lowest BCUT2D eigenvalue weighted by Gasteiger charge is -2.28. The van der Waals surface area contributed by atoms with E-state index in [9.17, 15) is 4.79 Å². The van der Waals surface area contributed by atoms with E-state index in [-0.39, 0.29) is 11.9 Å². The van der Waals surface area contributed by atoms with E-state index in [4.69, 9.17) is 5.26 Å². The van der Waals surface area contributed by atoms with Gasteiger partial charge in [-0.1, -0.05) is 6.92 Å². The largest absolute Gasteiger partial charge is 0.339 e. The zero-order chi connectivity index (χ0) is 11.4. The van der Waals surface area contributed by atoms with Crippen LogP contribution < -0.4 is 0 Å². The molecular weight excluding hydrogens is 188 g/mol. The number of carbonyl (C=O) groups excluding carboxylic acids is 1. The van der Waals surface area contributed by atoms with Crippen LogP contribution in [0.2, 0.25) is 0 Å². The molecule has 0 N–H and O–H groups in total. The summed E-state index contributed by atoms with van der Waals surface area (Å²) < 4.78 is 0. The van der Waals surface area contributed by atoms with Crippen LogP contribution in [-0.4, -0.2) is 23.4 Å². The van der Waals surface area contributed by atoms with Gasteiger partial charge in [-0.3, -0.25) is 4.79 Å². The first-order valence-electron chi connectivity index (χ1n) is 5.80. The van der Waals surface area contributed by atoms with E-state index in [1.165, 1.54) is 12.8 Å². The van der Waals surface area contributed by atoms with Gasteiger partial charge in [0.25, 0.3) is 0 Å². The summed E-state index contributed by atoms with van der Waals surface area (Å²) >= 11 is 0. The fourth-order valence-electron chi connectivity index (χ4n) is 1.66. The Morgan fingerprint density at radius 2 is 2.13 bits per heavy atom. The summed E-state index contributed by atoms with van der Waals surface area (Å²) in [7, 11) is 0. The summed E-state index contributed by atoms with van der Waals surface area (Å²) in [5, 5.41) is 8.88. The van der Waals surface area contributed by atoms with Crippen molar-refractivity contribution in [2.45, 2.75) is 46.1 Å². The summed E-state index contributed by atoms with van der Waals surface area (Å²) in [6.07, 6.45) is 3.09. The molecule has 3 nitrogen and oxygen atoms in total. The van der Waals surface area contributed by atoms with Crippen LogP contribution in [0.1, 0.15) is 40.0 Å². The molecule has 1 amide bonds. The van der Waals surface area contributed by atoms with Gasteiger partial charge in [-0.05, 0) is 39.0 Å². The Morgan fingerprint density at radius 3 is 2.47 bits per heavy atom.